The summed E-state index contributed by atoms with van der Waals surface area (Å²) in [5.74, 6) is 0.370. The summed E-state index contributed by atoms with van der Waals surface area (Å²) in [6, 6.07) is 5.21. The standard InChI is InChI=1S/C17H15N5O2S2/c23-16(24)13-5-10(8-26-13)12-7-18-11-3-4-14(21-15(11)20-12)22-17(25)19-6-9-1-2-9/h3-5,7-9H,1-2,6H2,(H,23,24)(H2,19,20,21,22,25). The van der Waals surface area contributed by atoms with Crippen molar-refractivity contribution in [2.24, 2.45) is 5.92 Å². The molecule has 0 unspecified atom stereocenters. The van der Waals surface area contributed by atoms with Crippen LogP contribution in [0.4, 0.5) is 5.82 Å². The van der Waals surface area contributed by atoms with Crippen LogP contribution in [0, 0.1) is 5.92 Å². The zero-order valence-electron chi connectivity index (χ0n) is 13.6. The van der Waals surface area contributed by atoms with Crippen LogP contribution in [0.15, 0.2) is 29.8 Å². The van der Waals surface area contributed by atoms with Crippen molar-refractivity contribution in [3.8, 4) is 11.3 Å². The number of thiocarbonyl (C=S) groups is 1. The minimum Gasteiger partial charge on any atom is -0.477 e. The molecule has 0 aliphatic heterocycles. The van der Waals surface area contributed by atoms with Gasteiger partial charge in [-0.15, -0.1) is 11.3 Å². The van der Waals surface area contributed by atoms with Gasteiger partial charge in [-0.05, 0) is 49.2 Å². The van der Waals surface area contributed by atoms with E-state index in [2.05, 4.69) is 25.6 Å². The molecular weight excluding hydrogens is 370 g/mol. The number of thiophene rings is 1. The third-order valence-electron chi connectivity index (χ3n) is 4.00. The summed E-state index contributed by atoms with van der Waals surface area (Å²) < 4.78 is 0. The number of rotatable bonds is 5. The average molecular weight is 385 g/mol. The summed E-state index contributed by atoms with van der Waals surface area (Å²) in [6.07, 6.45) is 4.13. The highest BCUT2D eigenvalue weighted by molar-refractivity contribution is 7.80. The summed E-state index contributed by atoms with van der Waals surface area (Å²) >= 11 is 6.44. The Bertz CT molecular complexity index is 1000. The number of pyridine rings is 1. The number of carboxylic acid groups (broad SMARTS) is 1. The average Bonchev–Trinajstić information content (AvgIpc) is 3.32. The van der Waals surface area contributed by atoms with E-state index >= 15 is 0 Å². The number of nitrogens with zero attached hydrogens (tertiary/aromatic N) is 3. The number of carbonyl (C=O) groups is 1. The van der Waals surface area contributed by atoms with Crippen LogP contribution in [0.3, 0.4) is 0 Å². The molecule has 0 bridgehead atoms. The van der Waals surface area contributed by atoms with Gasteiger partial charge in [0.05, 0.1) is 11.9 Å². The van der Waals surface area contributed by atoms with Gasteiger partial charge in [-0.2, -0.15) is 0 Å². The Kier molecular flexibility index (Phi) is 4.48. The van der Waals surface area contributed by atoms with Crippen LogP contribution in [0.2, 0.25) is 0 Å². The molecule has 0 amide bonds. The fourth-order valence-corrected chi connectivity index (χ4v) is 3.34. The lowest BCUT2D eigenvalue weighted by Gasteiger charge is -2.09. The van der Waals surface area contributed by atoms with E-state index in [0.29, 0.717) is 33.4 Å². The van der Waals surface area contributed by atoms with Crippen molar-refractivity contribution in [3.63, 3.8) is 0 Å². The molecule has 0 atom stereocenters. The van der Waals surface area contributed by atoms with Crippen molar-refractivity contribution in [2.75, 3.05) is 11.9 Å². The number of aromatic carboxylic acids is 1. The smallest absolute Gasteiger partial charge is 0.345 e. The van der Waals surface area contributed by atoms with E-state index in [-0.39, 0.29) is 4.88 Å². The highest BCUT2D eigenvalue weighted by Crippen LogP contribution is 2.27. The van der Waals surface area contributed by atoms with Crippen LogP contribution in [0.5, 0.6) is 0 Å². The molecule has 7 nitrogen and oxygen atoms in total. The Morgan fingerprint density at radius 3 is 2.92 bits per heavy atom. The maximum Gasteiger partial charge on any atom is 0.345 e. The molecule has 4 rings (SSSR count). The van der Waals surface area contributed by atoms with E-state index in [4.69, 9.17) is 17.3 Å². The number of anilines is 1. The Morgan fingerprint density at radius 2 is 2.19 bits per heavy atom. The number of fused-ring (bicyclic) bond motifs is 1. The van der Waals surface area contributed by atoms with Crippen LogP contribution < -0.4 is 10.6 Å². The van der Waals surface area contributed by atoms with Gasteiger partial charge in [0.15, 0.2) is 10.8 Å². The second-order valence-electron chi connectivity index (χ2n) is 6.08. The SMILES string of the molecule is O=C(O)c1cc(-c2cnc3ccc(NC(=S)NCC4CC4)nc3n2)cs1. The molecule has 26 heavy (non-hydrogen) atoms. The first-order chi connectivity index (χ1) is 12.6. The van der Waals surface area contributed by atoms with E-state index in [9.17, 15) is 4.79 Å². The van der Waals surface area contributed by atoms with Crippen molar-refractivity contribution >= 4 is 51.6 Å². The van der Waals surface area contributed by atoms with E-state index < -0.39 is 5.97 Å². The molecule has 9 heteroatoms. The molecule has 1 aliphatic rings. The molecule has 1 aliphatic carbocycles. The van der Waals surface area contributed by atoms with Crippen LogP contribution >= 0.6 is 23.6 Å². The summed E-state index contributed by atoms with van der Waals surface area (Å²) in [6.45, 7) is 0.882. The fourth-order valence-electron chi connectivity index (χ4n) is 2.41. The minimum absolute atomic E-state index is 0.261. The first-order valence-electron chi connectivity index (χ1n) is 8.09. The predicted molar refractivity (Wildman–Crippen MR) is 105 cm³/mol. The molecule has 3 aromatic rings. The van der Waals surface area contributed by atoms with Gasteiger partial charge < -0.3 is 15.7 Å². The quantitative estimate of drug-likeness (QED) is 0.576. The summed E-state index contributed by atoms with van der Waals surface area (Å²) in [4.78, 5) is 24.6. The predicted octanol–water partition coefficient (Wildman–Crippen LogP) is 3.15. The molecule has 0 aromatic carbocycles. The van der Waals surface area contributed by atoms with Crippen LogP contribution in [0.1, 0.15) is 22.5 Å². The molecule has 0 spiro atoms. The first-order valence-corrected chi connectivity index (χ1v) is 9.38. The van der Waals surface area contributed by atoms with E-state index in [1.165, 1.54) is 12.8 Å². The van der Waals surface area contributed by atoms with Crippen molar-refractivity contribution in [1.82, 2.24) is 20.3 Å². The molecule has 3 N–H and O–H groups in total. The van der Waals surface area contributed by atoms with Crippen LogP contribution in [-0.4, -0.2) is 37.7 Å². The largest absolute Gasteiger partial charge is 0.477 e. The summed E-state index contributed by atoms with van der Waals surface area (Å²) in [5, 5.41) is 17.6. The lowest BCUT2D eigenvalue weighted by atomic mass is 10.2. The Hall–Kier alpha value is -2.65. The minimum atomic E-state index is -0.952. The lowest BCUT2D eigenvalue weighted by Crippen LogP contribution is -2.30. The summed E-state index contributed by atoms with van der Waals surface area (Å²) in [7, 11) is 0. The lowest BCUT2D eigenvalue weighted by molar-refractivity contribution is 0.0702. The number of hydrogen-bond donors (Lipinski definition) is 3. The Labute approximate surface area is 158 Å². The highest BCUT2D eigenvalue weighted by atomic mass is 32.1. The maximum absolute atomic E-state index is 11.0. The van der Waals surface area contributed by atoms with E-state index in [1.54, 1.807) is 23.7 Å². The number of carboxylic acids is 1. The highest BCUT2D eigenvalue weighted by Gasteiger charge is 2.21. The maximum atomic E-state index is 11.0. The monoisotopic (exact) mass is 385 g/mol. The van der Waals surface area contributed by atoms with Crippen molar-refractivity contribution in [1.29, 1.82) is 0 Å². The molecule has 1 fully saturated rings. The number of aromatic nitrogens is 3. The summed E-state index contributed by atoms with van der Waals surface area (Å²) in [5.41, 5.74) is 2.43. The molecule has 3 heterocycles. The zero-order valence-corrected chi connectivity index (χ0v) is 15.2. The van der Waals surface area contributed by atoms with E-state index in [0.717, 1.165) is 23.8 Å². The number of nitrogens with one attached hydrogen (secondary N) is 2. The van der Waals surface area contributed by atoms with Gasteiger partial charge in [0.1, 0.15) is 16.2 Å². The third kappa shape index (κ3) is 3.78. The van der Waals surface area contributed by atoms with E-state index in [1.807, 2.05) is 6.07 Å². The zero-order chi connectivity index (χ0) is 18.1. The van der Waals surface area contributed by atoms with Gasteiger partial charge >= 0.3 is 5.97 Å². The normalized spacial score (nSPS) is 13.5. The molecule has 0 radical (unpaired) electrons. The molecular formula is C17H15N5O2S2. The second kappa shape index (κ2) is 6.93. The fraction of sp³-hybridized carbons (Fsp3) is 0.235. The Morgan fingerprint density at radius 1 is 1.35 bits per heavy atom. The Balaban J connectivity index is 1.55. The van der Waals surface area contributed by atoms with Crippen LogP contribution in [0.25, 0.3) is 22.4 Å². The molecule has 0 saturated heterocycles. The van der Waals surface area contributed by atoms with Gasteiger partial charge in [-0.25, -0.2) is 14.8 Å². The van der Waals surface area contributed by atoms with Gasteiger partial charge in [0.2, 0.25) is 0 Å². The van der Waals surface area contributed by atoms with Crippen molar-refractivity contribution in [3.05, 3.63) is 34.7 Å². The topological polar surface area (TPSA) is 100 Å². The first kappa shape index (κ1) is 16.8. The van der Waals surface area contributed by atoms with Crippen LogP contribution in [-0.2, 0) is 0 Å². The van der Waals surface area contributed by atoms with Gasteiger partial charge in [0.25, 0.3) is 0 Å². The van der Waals surface area contributed by atoms with Crippen molar-refractivity contribution < 1.29 is 9.90 Å². The van der Waals surface area contributed by atoms with Gasteiger partial charge in [-0.1, -0.05) is 0 Å². The third-order valence-corrected chi connectivity index (χ3v) is 5.17. The molecule has 3 aromatic heterocycles. The van der Waals surface area contributed by atoms with Gasteiger partial charge in [-0.3, -0.25) is 4.98 Å². The second-order valence-corrected chi connectivity index (χ2v) is 7.40. The molecule has 132 valence electrons. The van der Waals surface area contributed by atoms with Gasteiger partial charge in [0, 0.05) is 17.5 Å². The number of hydrogen-bond acceptors (Lipinski definition) is 6. The van der Waals surface area contributed by atoms with Crippen molar-refractivity contribution in [2.45, 2.75) is 12.8 Å². The molecule has 1 saturated carbocycles.